The first-order valence-corrected chi connectivity index (χ1v) is 11.6. The lowest BCUT2D eigenvalue weighted by atomic mass is 10.1. The van der Waals surface area contributed by atoms with Crippen LogP contribution in [0.2, 0.25) is 0 Å². The summed E-state index contributed by atoms with van der Waals surface area (Å²) in [6, 6.07) is 11.7. The van der Waals surface area contributed by atoms with Crippen LogP contribution in [-0.2, 0) is 4.79 Å². The number of carbonyl (C=O) groups excluding carboxylic acids is 1. The minimum Gasteiger partial charge on any atom is -0.496 e. The van der Waals surface area contributed by atoms with E-state index in [4.69, 9.17) is 15.6 Å². The Labute approximate surface area is 210 Å². The molecule has 0 saturated carbocycles. The van der Waals surface area contributed by atoms with Gasteiger partial charge in [-0.1, -0.05) is 24.3 Å². The van der Waals surface area contributed by atoms with Crippen molar-refractivity contribution in [2.24, 2.45) is 0 Å². The zero-order valence-electron chi connectivity index (χ0n) is 21.5. The van der Waals surface area contributed by atoms with Crippen LogP contribution in [0.4, 0.5) is 11.5 Å². The molecule has 9 nitrogen and oxygen atoms in total. The number of amides is 1. The Morgan fingerprint density at radius 1 is 1.14 bits per heavy atom. The van der Waals surface area contributed by atoms with Gasteiger partial charge in [-0.2, -0.15) is 5.10 Å². The van der Waals surface area contributed by atoms with E-state index >= 15 is 0 Å². The number of nitrogen functional groups attached to an aromatic ring is 1. The molecule has 2 aromatic carbocycles. The van der Waals surface area contributed by atoms with Crippen molar-refractivity contribution in [2.75, 3.05) is 45.4 Å². The Morgan fingerprint density at radius 2 is 1.92 bits per heavy atom. The van der Waals surface area contributed by atoms with Crippen LogP contribution in [0.25, 0.3) is 28.0 Å². The number of nitrogens with zero attached hydrogens (tertiary/aromatic N) is 6. The van der Waals surface area contributed by atoms with E-state index in [1.165, 1.54) is 6.33 Å². The van der Waals surface area contributed by atoms with Gasteiger partial charge in [-0.25, -0.2) is 14.6 Å². The molecular weight excluding hydrogens is 454 g/mol. The lowest BCUT2D eigenvalue weighted by Crippen LogP contribution is -2.25. The number of aryl methyl sites for hydroxylation is 1. The molecule has 0 unspecified atom stereocenters. The molecule has 36 heavy (non-hydrogen) atoms. The fourth-order valence-electron chi connectivity index (χ4n) is 4.11. The number of rotatable bonds is 7. The van der Waals surface area contributed by atoms with E-state index < -0.39 is 0 Å². The average Bonchev–Trinajstić information content (AvgIpc) is 3.24. The molecule has 0 aliphatic rings. The molecule has 186 valence electrons. The van der Waals surface area contributed by atoms with Crippen LogP contribution in [0, 0.1) is 13.8 Å². The first kappa shape index (κ1) is 24.9. The van der Waals surface area contributed by atoms with Gasteiger partial charge in [0.1, 0.15) is 23.6 Å². The molecule has 4 rings (SSSR count). The van der Waals surface area contributed by atoms with Gasteiger partial charge in [-0.15, -0.1) is 0 Å². The summed E-state index contributed by atoms with van der Waals surface area (Å²) in [7, 11) is 7.32. The fourth-order valence-corrected chi connectivity index (χ4v) is 4.11. The highest BCUT2D eigenvalue weighted by Gasteiger charge is 2.21. The van der Waals surface area contributed by atoms with Gasteiger partial charge in [0, 0.05) is 30.9 Å². The highest BCUT2D eigenvalue weighted by atomic mass is 16.5. The standard InChI is InChI=1S/C27H31N7O2/c1-17-12-13-19(15-22(17)36-6)25-24-26(28)29-16-30-27(24)34(31-25)21-10-7-9-20(18(21)2)33(5)23(35)11-8-14-32(3)4/h7-13,15-16H,14H2,1-6H3,(H2,28,29,30)/b11-8+. The second-order valence-electron chi connectivity index (χ2n) is 8.89. The van der Waals surface area contributed by atoms with Gasteiger partial charge in [0.25, 0.3) is 0 Å². The molecule has 0 fully saturated rings. The number of carbonyl (C=O) groups is 1. The number of anilines is 2. The molecule has 0 bridgehead atoms. The van der Waals surface area contributed by atoms with Crippen molar-refractivity contribution in [1.82, 2.24) is 24.6 Å². The number of nitrogens with two attached hydrogens (primary N) is 1. The van der Waals surface area contributed by atoms with Gasteiger partial charge < -0.3 is 20.3 Å². The summed E-state index contributed by atoms with van der Waals surface area (Å²) in [6.07, 6.45) is 4.87. The van der Waals surface area contributed by atoms with E-state index in [1.54, 1.807) is 29.8 Å². The summed E-state index contributed by atoms with van der Waals surface area (Å²) in [5, 5.41) is 5.58. The summed E-state index contributed by atoms with van der Waals surface area (Å²) in [4.78, 5) is 25.2. The number of fused-ring (bicyclic) bond motifs is 1. The second kappa shape index (κ2) is 10.2. The van der Waals surface area contributed by atoms with Gasteiger partial charge in [0.05, 0.1) is 18.2 Å². The number of methoxy groups -OCH3 is 1. The topological polar surface area (TPSA) is 102 Å². The van der Waals surface area contributed by atoms with Crippen molar-refractivity contribution in [1.29, 1.82) is 0 Å². The summed E-state index contributed by atoms with van der Waals surface area (Å²) < 4.78 is 7.28. The van der Waals surface area contributed by atoms with E-state index in [-0.39, 0.29) is 5.91 Å². The van der Waals surface area contributed by atoms with Crippen molar-refractivity contribution in [3.8, 4) is 22.7 Å². The van der Waals surface area contributed by atoms with Gasteiger partial charge >= 0.3 is 0 Å². The van der Waals surface area contributed by atoms with E-state index in [9.17, 15) is 4.79 Å². The zero-order chi connectivity index (χ0) is 26.0. The SMILES string of the molecule is COc1cc(-c2nn(-c3cccc(N(C)C(=O)/C=C/CN(C)C)c3C)c3ncnc(N)c23)ccc1C. The zero-order valence-corrected chi connectivity index (χ0v) is 21.5. The Balaban J connectivity index is 1.84. The van der Waals surface area contributed by atoms with Crippen molar-refractivity contribution < 1.29 is 9.53 Å². The normalized spacial score (nSPS) is 11.5. The molecule has 0 radical (unpaired) electrons. The molecule has 2 N–H and O–H groups in total. The lowest BCUT2D eigenvalue weighted by molar-refractivity contribution is -0.113. The average molecular weight is 486 g/mol. The molecule has 0 atom stereocenters. The Bertz CT molecular complexity index is 1460. The minimum absolute atomic E-state index is 0.110. The first-order chi connectivity index (χ1) is 17.2. The van der Waals surface area contributed by atoms with E-state index in [1.807, 2.05) is 75.3 Å². The van der Waals surface area contributed by atoms with Crippen LogP contribution in [-0.4, -0.2) is 65.4 Å². The highest BCUT2D eigenvalue weighted by molar-refractivity contribution is 6.02. The number of benzene rings is 2. The number of ether oxygens (including phenoxy) is 1. The Kier molecular flexibility index (Phi) is 7.03. The van der Waals surface area contributed by atoms with Crippen molar-refractivity contribution in [3.05, 3.63) is 66.0 Å². The minimum atomic E-state index is -0.110. The van der Waals surface area contributed by atoms with Gasteiger partial charge in [-0.3, -0.25) is 4.79 Å². The molecular formula is C27H31N7O2. The van der Waals surface area contributed by atoms with Gasteiger partial charge in [0.2, 0.25) is 5.91 Å². The molecule has 0 spiro atoms. The molecule has 9 heteroatoms. The van der Waals surface area contributed by atoms with Gasteiger partial charge in [0.15, 0.2) is 5.65 Å². The van der Waals surface area contributed by atoms with Crippen LogP contribution in [0.1, 0.15) is 11.1 Å². The van der Waals surface area contributed by atoms with E-state index in [0.29, 0.717) is 29.1 Å². The molecule has 0 saturated heterocycles. The van der Waals surface area contributed by atoms with Crippen LogP contribution < -0.4 is 15.4 Å². The van der Waals surface area contributed by atoms with Crippen molar-refractivity contribution in [3.63, 3.8) is 0 Å². The van der Waals surface area contributed by atoms with E-state index in [2.05, 4.69) is 9.97 Å². The third kappa shape index (κ3) is 4.65. The number of hydrogen-bond acceptors (Lipinski definition) is 7. The number of hydrogen-bond donors (Lipinski definition) is 1. The third-order valence-corrected chi connectivity index (χ3v) is 6.10. The van der Waals surface area contributed by atoms with Crippen LogP contribution >= 0.6 is 0 Å². The summed E-state index contributed by atoms with van der Waals surface area (Å²) >= 11 is 0. The molecule has 0 aliphatic carbocycles. The molecule has 4 aromatic rings. The maximum atomic E-state index is 12.8. The highest BCUT2D eigenvalue weighted by Crippen LogP contribution is 2.35. The maximum Gasteiger partial charge on any atom is 0.250 e. The lowest BCUT2D eigenvalue weighted by Gasteiger charge is -2.20. The molecule has 2 heterocycles. The van der Waals surface area contributed by atoms with Gasteiger partial charge in [-0.05, 0) is 57.3 Å². The third-order valence-electron chi connectivity index (χ3n) is 6.10. The molecule has 1 amide bonds. The fraction of sp³-hybridized carbons (Fsp3) is 0.259. The second-order valence-corrected chi connectivity index (χ2v) is 8.89. The van der Waals surface area contributed by atoms with Crippen molar-refractivity contribution in [2.45, 2.75) is 13.8 Å². The van der Waals surface area contributed by atoms with Crippen molar-refractivity contribution >= 4 is 28.4 Å². The Hall–Kier alpha value is -4.24. The summed E-state index contributed by atoms with van der Waals surface area (Å²) in [5.41, 5.74) is 11.8. The number of likely N-dealkylation sites (N-methyl/N-ethyl adjacent to an activating group) is 2. The monoisotopic (exact) mass is 485 g/mol. The first-order valence-electron chi connectivity index (χ1n) is 11.6. The number of aromatic nitrogens is 4. The smallest absolute Gasteiger partial charge is 0.250 e. The summed E-state index contributed by atoms with van der Waals surface area (Å²) in [5.74, 6) is 0.987. The van der Waals surface area contributed by atoms with E-state index in [0.717, 1.165) is 33.8 Å². The predicted octanol–water partition coefficient (Wildman–Crippen LogP) is 3.77. The van der Waals surface area contributed by atoms with Crippen LogP contribution in [0.3, 0.4) is 0 Å². The molecule has 2 aromatic heterocycles. The van der Waals surface area contributed by atoms with Crippen LogP contribution in [0.15, 0.2) is 54.9 Å². The van der Waals surface area contributed by atoms with Crippen LogP contribution in [0.5, 0.6) is 5.75 Å². The largest absolute Gasteiger partial charge is 0.496 e. The summed E-state index contributed by atoms with van der Waals surface area (Å²) in [6.45, 7) is 4.63. The Morgan fingerprint density at radius 3 is 2.64 bits per heavy atom. The molecule has 0 aliphatic heterocycles. The predicted molar refractivity (Wildman–Crippen MR) is 144 cm³/mol. The quantitative estimate of drug-likeness (QED) is 0.398. The maximum absolute atomic E-state index is 12.8.